The highest BCUT2D eigenvalue weighted by atomic mass is 19.4. The maximum absolute atomic E-state index is 13.5. The molecular formula is C23H23F3N6O2. The Kier molecular flexibility index (Phi) is 4.40. The average Bonchev–Trinajstić information content (AvgIpc) is 2.72. The van der Waals surface area contributed by atoms with Gasteiger partial charge in [0.2, 0.25) is 11.5 Å². The molecular weight excluding hydrogens is 449 g/mol. The summed E-state index contributed by atoms with van der Waals surface area (Å²) in [6.07, 6.45) is -2.89. The lowest BCUT2D eigenvalue weighted by Crippen LogP contribution is -2.70. The third kappa shape index (κ3) is 3.05. The van der Waals surface area contributed by atoms with E-state index in [-0.39, 0.29) is 30.9 Å². The van der Waals surface area contributed by atoms with Crippen molar-refractivity contribution < 1.29 is 17.9 Å². The van der Waals surface area contributed by atoms with Gasteiger partial charge in [0, 0.05) is 24.2 Å². The maximum atomic E-state index is 13.5. The zero-order valence-electron chi connectivity index (χ0n) is 18.7. The van der Waals surface area contributed by atoms with E-state index < -0.39 is 17.0 Å². The molecule has 1 atom stereocenters. The van der Waals surface area contributed by atoms with Crippen molar-refractivity contribution in [2.75, 3.05) is 24.6 Å². The van der Waals surface area contributed by atoms with Gasteiger partial charge in [-0.2, -0.15) is 18.2 Å². The monoisotopic (exact) mass is 472 g/mol. The summed E-state index contributed by atoms with van der Waals surface area (Å²) in [5.41, 5.74) is 1.17. The molecule has 3 aliphatic carbocycles. The molecule has 0 unspecified atom stereocenters. The van der Waals surface area contributed by atoms with Crippen LogP contribution in [-0.4, -0.2) is 50.8 Å². The normalized spacial score (nSPS) is 28.5. The first-order valence-electron chi connectivity index (χ1n) is 11.2. The molecule has 7 rings (SSSR count). The number of nitrogens with zero attached hydrogens (tertiary/aromatic N) is 5. The number of anilines is 1. The third-order valence-electron chi connectivity index (χ3n) is 7.58. The second-order valence-electron chi connectivity index (χ2n) is 9.82. The molecule has 34 heavy (non-hydrogen) atoms. The van der Waals surface area contributed by atoms with Gasteiger partial charge in [-0.25, -0.2) is 15.0 Å². The van der Waals surface area contributed by atoms with E-state index in [1.165, 1.54) is 6.07 Å². The summed E-state index contributed by atoms with van der Waals surface area (Å²) in [5, 5.41) is 0. The molecule has 4 heterocycles. The molecule has 0 aromatic carbocycles. The summed E-state index contributed by atoms with van der Waals surface area (Å²) in [6, 6.07) is 3.29. The number of ether oxygens (including phenoxy) is 1. The number of pyridine rings is 1. The zero-order chi connectivity index (χ0) is 23.9. The molecule has 4 fully saturated rings. The van der Waals surface area contributed by atoms with E-state index in [1.54, 1.807) is 12.3 Å². The van der Waals surface area contributed by atoms with Crippen molar-refractivity contribution in [3.05, 3.63) is 51.3 Å². The Labute approximate surface area is 192 Å². The standard InChI is InChI=1S/C23H23F3N6O2/c1-12-13(2)29-19-17(28-12)18(21-9-22(10-21,11-21)23(24,25)26)30-20(31-19)32-5-6-34-15(8-32)14-3-4-27-16(33)7-14/h3-4,7,15H,5-6,8-11H2,1-2H3,(H,27,33)/t15-,21?,22?/m1/s1. The fourth-order valence-corrected chi connectivity index (χ4v) is 5.65. The molecule has 0 spiro atoms. The third-order valence-corrected chi connectivity index (χ3v) is 7.58. The number of aromatic nitrogens is 5. The highest BCUT2D eigenvalue weighted by Crippen LogP contribution is 2.78. The van der Waals surface area contributed by atoms with Crippen molar-refractivity contribution in [1.29, 1.82) is 0 Å². The van der Waals surface area contributed by atoms with Crippen LogP contribution in [0.2, 0.25) is 0 Å². The molecule has 3 aromatic heterocycles. The summed E-state index contributed by atoms with van der Waals surface area (Å²) in [4.78, 5) is 35.0. The number of halogens is 3. The smallest absolute Gasteiger partial charge is 0.370 e. The predicted molar refractivity (Wildman–Crippen MR) is 117 cm³/mol. The molecule has 2 bridgehead atoms. The van der Waals surface area contributed by atoms with Crippen molar-refractivity contribution in [1.82, 2.24) is 24.9 Å². The summed E-state index contributed by atoms with van der Waals surface area (Å²) in [5.74, 6) is 0.406. The van der Waals surface area contributed by atoms with Crippen LogP contribution in [0, 0.1) is 19.3 Å². The number of hydrogen-bond donors (Lipinski definition) is 1. The zero-order valence-corrected chi connectivity index (χ0v) is 18.7. The molecule has 1 saturated heterocycles. The minimum absolute atomic E-state index is 0.0299. The highest BCUT2D eigenvalue weighted by molar-refractivity contribution is 5.77. The second kappa shape index (κ2) is 6.97. The first-order chi connectivity index (χ1) is 16.1. The molecule has 1 N–H and O–H groups in total. The number of hydrogen-bond acceptors (Lipinski definition) is 7. The first-order valence-corrected chi connectivity index (χ1v) is 11.2. The van der Waals surface area contributed by atoms with Crippen molar-refractivity contribution in [2.24, 2.45) is 5.41 Å². The molecule has 1 aliphatic heterocycles. The Hall–Kier alpha value is -3.08. The fourth-order valence-electron chi connectivity index (χ4n) is 5.65. The average molecular weight is 472 g/mol. The van der Waals surface area contributed by atoms with Gasteiger partial charge in [-0.1, -0.05) is 0 Å². The number of H-pyrrole nitrogens is 1. The van der Waals surface area contributed by atoms with E-state index in [1.807, 2.05) is 18.7 Å². The molecule has 8 nitrogen and oxygen atoms in total. The fraction of sp³-hybridized carbons (Fsp3) is 0.522. The number of morpholine rings is 1. The lowest BCUT2D eigenvalue weighted by Gasteiger charge is -2.70. The largest absolute Gasteiger partial charge is 0.394 e. The van der Waals surface area contributed by atoms with Gasteiger partial charge in [-0.05, 0) is 44.7 Å². The van der Waals surface area contributed by atoms with Crippen molar-refractivity contribution >= 4 is 17.1 Å². The van der Waals surface area contributed by atoms with Crippen LogP contribution in [0.15, 0.2) is 23.1 Å². The molecule has 0 radical (unpaired) electrons. The van der Waals surface area contributed by atoms with Crippen LogP contribution in [0.25, 0.3) is 11.2 Å². The van der Waals surface area contributed by atoms with Crippen molar-refractivity contribution in [3.8, 4) is 0 Å². The van der Waals surface area contributed by atoms with Crippen LogP contribution in [0.3, 0.4) is 0 Å². The lowest BCUT2D eigenvalue weighted by atomic mass is 9.34. The number of aryl methyl sites for hydroxylation is 2. The minimum Gasteiger partial charge on any atom is -0.370 e. The van der Waals surface area contributed by atoms with Crippen LogP contribution in [0.1, 0.15) is 48.0 Å². The first kappa shape index (κ1) is 21.5. The highest BCUT2D eigenvalue weighted by Gasteiger charge is 2.79. The Morgan fingerprint density at radius 2 is 1.85 bits per heavy atom. The van der Waals surface area contributed by atoms with E-state index in [9.17, 15) is 18.0 Å². The number of fused-ring (bicyclic) bond motifs is 1. The van der Waals surface area contributed by atoms with Crippen LogP contribution in [0.4, 0.5) is 19.1 Å². The quantitative estimate of drug-likeness (QED) is 0.625. The van der Waals surface area contributed by atoms with Gasteiger partial charge in [0.15, 0.2) is 5.65 Å². The van der Waals surface area contributed by atoms with Gasteiger partial charge in [0.05, 0.1) is 35.6 Å². The second-order valence-corrected chi connectivity index (χ2v) is 9.82. The van der Waals surface area contributed by atoms with Gasteiger partial charge in [0.25, 0.3) is 0 Å². The van der Waals surface area contributed by atoms with Crippen molar-refractivity contribution in [3.63, 3.8) is 0 Å². The van der Waals surface area contributed by atoms with Gasteiger partial charge in [-0.3, -0.25) is 4.79 Å². The molecule has 3 aromatic rings. The molecule has 178 valence electrons. The molecule has 3 saturated carbocycles. The number of rotatable bonds is 3. The number of aromatic amines is 1. The Morgan fingerprint density at radius 3 is 2.56 bits per heavy atom. The Bertz CT molecular complexity index is 1350. The van der Waals surface area contributed by atoms with Crippen LogP contribution >= 0.6 is 0 Å². The van der Waals surface area contributed by atoms with Crippen LogP contribution in [0.5, 0.6) is 0 Å². The number of nitrogens with one attached hydrogen (secondary N) is 1. The number of alkyl halides is 3. The van der Waals surface area contributed by atoms with Gasteiger partial charge in [-0.15, -0.1) is 0 Å². The van der Waals surface area contributed by atoms with E-state index >= 15 is 0 Å². The van der Waals surface area contributed by atoms with E-state index in [0.29, 0.717) is 48.2 Å². The van der Waals surface area contributed by atoms with Gasteiger partial charge >= 0.3 is 6.18 Å². The van der Waals surface area contributed by atoms with E-state index in [0.717, 1.165) is 11.3 Å². The Balaban J connectivity index is 1.39. The summed E-state index contributed by atoms with van der Waals surface area (Å²) in [6.45, 7) is 4.98. The van der Waals surface area contributed by atoms with E-state index in [4.69, 9.17) is 9.72 Å². The molecule has 0 amide bonds. The summed E-state index contributed by atoms with van der Waals surface area (Å²) < 4.78 is 46.5. The molecule has 4 aliphatic rings. The summed E-state index contributed by atoms with van der Waals surface area (Å²) in [7, 11) is 0. The van der Waals surface area contributed by atoms with Gasteiger partial charge < -0.3 is 14.6 Å². The van der Waals surface area contributed by atoms with Crippen LogP contribution < -0.4 is 10.5 Å². The molecule has 11 heteroatoms. The SMILES string of the molecule is Cc1nc2nc(N3CCO[C@@H](c4cc[nH]c(=O)c4)C3)nc(C34CC(C(F)(F)F)(C3)C4)c2nc1C. The minimum atomic E-state index is -4.20. The van der Waals surface area contributed by atoms with Crippen LogP contribution in [-0.2, 0) is 10.2 Å². The summed E-state index contributed by atoms with van der Waals surface area (Å²) >= 11 is 0. The van der Waals surface area contributed by atoms with Gasteiger partial charge in [0.1, 0.15) is 11.6 Å². The maximum Gasteiger partial charge on any atom is 0.394 e. The lowest BCUT2D eigenvalue weighted by molar-refractivity contribution is -0.337. The predicted octanol–water partition coefficient (Wildman–Crippen LogP) is 3.29. The van der Waals surface area contributed by atoms with E-state index in [2.05, 4.69) is 19.9 Å². The van der Waals surface area contributed by atoms with Crippen molar-refractivity contribution in [2.45, 2.75) is 50.8 Å². The Morgan fingerprint density at radius 1 is 1.12 bits per heavy atom. The topological polar surface area (TPSA) is 96.9 Å².